The molecular formula is C21H23ClO3. The zero-order valence-electron chi connectivity index (χ0n) is 14.6. The topological polar surface area (TPSA) is 43.4 Å². The van der Waals surface area contributed by atoms with E-state index in [4.69, 9.17) is 16.3 Å². The van der Waals surface area contributed by atoms with Crippen LogP contribution >= 0.6 is 11.6 Å². The Morgan fingerprint density at radius 3 is 2.40 bits per heavy atom. The lowest BCUT2D eigenvalue weighted by atomic mass is 9.89. The number of hydrogen-bond donors (Lipinski definition) is 0. The minimum absolute atomic E-state index is 0.324. The van der Waals surface area contributed by atoms with E-state index in [0.29, 0.717) is 22.8 Å². The summed E-state index contributed by atoms with van der Waals surface area (Å²) < 4.78 is 5.38. The molecule has 1 atom stereocenters. The first kappa shape index (κ1) is 19.2. The van der Waals surface area contributed by atoms with E-state index >= 15 is 0 Å². The third kappa shape index (κ3) is 4.93. The normalized spacial score (nSPS) is 11.8. The van der Waals surface area contributed by atoms with Crippen molar-refractivity contribution in [2.24, 2.45) is 0 Å². The molecule has 0 fully saturated rings. The predicted molar refractivity (Wildman–Crippen MR) is 100 cm³/mol. The van der Waals surface area contributed by atoms with Gasteiger partial charge in [-0.2, -0.15) is 0 Å². The third-order valence-electron chi connectivity index (χ3n) is 4.09. The summed E-state index contributed by atoms with van der Waals surface area (Å²) in [5.74, 6) is -1.84. The van der Waals surface area contributed by atoms with Crippen LogP contribution in [0.1, 0.15) is 53.6 Å². The Balaban J connectivity index is 2.32. The molecule has 2 aromatic carbocycles. The van der Waals surface area contributed by atoms with Crippen molar-refractivity contribution in [1.29, 1.82) is 0 Å². The van der Waals surface area contributed by atoms with Crippen molar-refractivity contribution in [2.75, 3.05) is 6.61 Å². The number of benzene rings is 2. The van der Waals surface area contributed by atoms with Crippen molar-refractivity contribution in [3.8, 4) is 0 Å². The van der Waals surface area contributed by atoms with Crippen molar-refractivity contribution in [3.05, 3.63) is 70.2 Å². The number of ether oxygens (including phenoxy) is 1. The lowest BCUT2D eigenvalue weighted by molar-refractivity contribution is -0.144. The molecule has 25 heavy (non-hydrogen) atoms. The van der Waals surface area contributed by atoms with Crippen LogP contribution in [0.4, 0.5) is 0 Å². The Labute approximate surface area is 154 Å². The van der Waals surface area contributed by atoms with E-state index in [1.54, 1.807) is 36.4 Å². The molecule has 3 nitrogen and oxygen atoms in total. The van der Waals surface area contributed by atoms with Crippen LogP contribution in [-0.2, 0) is 9.53 Å². The van der Waals surface area contributed by atoms with Gasteiger partial charge in [-0.05, 0) is 30.5 Å². The van der Waals surface area contributed by atoms with Gasteiger partial charge in [0.05, 0.1) is 11.6 Å². The summed E-state index contributed by atoms with van der Waals surface area (Å²) in [6, 6.07) is 14.3. The summed E-state index contributed by atoms with van der Waals surface area (Å²) in [4.78, 5) is 25.8. The molecule has 0 N–H and O–H groups in total. The minimum Gasteiger partial charge on any atom is -0.465 e. The molecule has 2 rings (SSSR count). The quantitative estimate of drug-likeness (QED) is 0.276. The molecule has 132 valence electrons. The van der Waals surface area contributed by atoms with Crippen LogP contribution in [0.5, 0.6) is 0 Å². The number of ketones is 1. The molecule has 0 heterocycles. The van der Waals surface area contributed by atoms with Crippen molar-refractivity contribution >= 4 is 23.4 Å². The van der Waals surface area contributed by atoms with Gasteiger partial charge in [0.1, 0.15) is 5.92 Å². The van der Waals surface area contributed by atoms with Crippen molar-refractivity contribution in [3.63, 3.8) is 0 Å². The zero-order valence-corrected chi connectivity index (χ0v) is 15.4. The maximum Gasteiger partial charge on any atom is 0.321 e. The fourth-order valence-electron chi connectivity index (χ4n) is 2.74. The van der Waals surface area contributed by atoms with Crippen molar-refractivity contribution < 1.29 is 14.3 Å². The summed E-state index contributed by atoms with van der Waals surface area (Å²) in [5, 5.41) is 0.352. The molecule has 0 bridgehead atoms. The number of esters is 1. The molecule has 0 aliphatic heterocycles. The van der Waals surface area contributed by atoms with Crippen LogP contribution in [0.25, 0.3) is 0 Å². The largest absolute Gasteiger partial charge is 0.465 e. The summed E-state index contributed by atoms with van der Waals surface area (Å²) in [6.07, 6.45) is 2.82. The summed E-state index contributed by atoms with van der Waals surface area (Å²) in [6.45, 7) is 4.22. The van der Waals surface area contributed by atoms with Gasteiger partial charge in [-0.15, -0.1) is 0 Å². The number of carbonyl (C=O) groups is 2. The smallest absolute Gasteiger partial charge is 0.321 e. The fourth-order valence-corrected chi connectivity index (χ4v) is 3.05. The average molecular weight is 359 g/mol. The molecule has 1 unspecified atom stereocenters. The summed E-state index contributed by atoms with van der Waals surface area (Å²) in [5.41, 5.74) is 1.74. The maximum atomic E-state index is 13.1. The van der Waals surface area contributed by atoms with E-state index < -0.39 is 11.9 Å². The predicted octanol–water partition coefficient (Wildman–Crippen LogP) is 5.35. The highest BCUT2D eigenvalue weighted by Crippen LogP contribution is 2.28. The second-order valence-electron chi connectivity index (χ2n) is 6.01. The third-order valence-corrected chi connectivity index (χ3v) is 4.41. The zero-order chi connectivity index (χ0) is 18.2. The molecule has 2 aromatic rings. The molecule has 0 amide bonds. The number of halogens is 1. The van der Waals surface area contributed by atoms with E-state index in [9.17, 15) is 9.59 Å². The number of hydrogen-bond acceptors (Lipinski definition) is 3. The van der Waals surface area contributed by atoms with Crippen LogP contribution in [-0.4, -0.2) is 18.4 Å². The molecule has 0 aliphatic carbocycles. The second kappa shape index (κ2) is 9.38. The Morgan fingerprint density at radius 1 is 1.04 bits per heavy atom. The lowest BCUT2D eigenvalue weighted by Gasteiger charge is -2.17. The van der Waals surface area contributed by atoms with E-state index in [1.807, 2.05) is 19.1 Å². The first-order valence-electron chi connectivity index (χ1n) is 8.57. The van der Waals surface area contributed by atoms with E-state index in [2.05, 4.69) is 6.92 Å². The van der Waals surface area contributed by atoms with E-state index in [-0.39, 0.29) is 5.78 Å². The van der Waals surface area contributed by atoms with Crippen LogP contribution in [0.15, 0.2) is 48.5 Å². The highest BCUT2D eigenvalue weighted by Gasteiger charge is 2.32. The van der Waals surface area contributed by atoms with Crippen molar-refractivity contribution in [1.82, 2.24) is 0 Å². The van der Waals surface area contributed by atoms with Gasteiger partial charge in [-0.3, -0.25) is 9.59 Å². The minimum atomic E-state index is -0.999. The standard InChI is InChI=1S/C21H23ClO3/c1-3-4-8-14-25-21(24)19(16-11-6-5-7-12-16)20(23)18-15(2)10-9-13-17(18)22/h5-7,9-13,19H,3-4,8,14H2,1-2H3. The Kier molecular flexibility index (Phi) is 7.20. The molecule has 0 saturated carbocycles. The van der Waals surface area contributed by atoms with E-state index in [0.717, 1.165) is 24.8 Å². The van der Waals surface area contributed by atoms with Gasteiger partial charge in [0.15, 0.2) is 5.78 Å². The second-order valence-corrected chi connectivity index (χ2v) is 6.42. The number of unbranched alkanes of at least 4 members (excludes halogenated alkanes) is 2. The van der Waals surface area contributed by atoms with Crippen LogP contribution in [0, 0.1) is 6.92 Å². The monoisotopic (exact) mass is 358 g/mol. The number of Topliss-reactive ketones (excluding diaryl/α,β-unsaturated/α-hetero) is 1. The fraction of sp³-hybridized carbons (Fsp3) is 0.333. The van der Waals surface area contributed by atoms with E-state index in [1.165, 1.54) is 0 Å². The average Bonchev–Trinajstić information content (AvgIpc) is 2.60. The first-order valence-corrected chi connectivity index (χ1v) is 8.95. The number of aryl methyl sites for hydroxylation is 1. The first-order chi connectivity index (χ1) is 12.1. The maximum absolute atomic E-state index is 13.1. The number of carbonyl (C=O) groups excluding carboxylic acids is 2. The van der Waals surface area contributed by atoms with Gasteiger partial charge in [0.25, 0.3) is 0 Å². The van der Waals surface area contributed by atoms with Crippen LogP contribution in [0.3, 0.4) is 0 Å². The molecule has 0 saturated heterocycles. The molecule has 0 aliphatic rings. The van der Waals surface area contributed by atoms with Gasteiger partial charge in [-0.25, -0.2) is 0 Å². The van der Waals surface area contributed by atoms with Gasteiger partial charge >= 0.3 is 5.97 Å². The molecule has 4 heteroatoms. The summed E-state index contributed by atoms with van der Waals surface area (Å²) in [7, 11) is 0. The van der Waals surface area contributed by atoms with Crippen molar-refractivity contribution in [2.45, 2.75) is 39.0 Å². The molecule has 0 aromatic heterocycles. The molecular weight excluding hydrogens is 336 g/mol. The SMILES string of the molecule is CCCCCOC(=O)C(C(=O)c1c(C)cccc1Cl)c1ccccc1. The van der Waals surface area contributed by atoms with Crippen LogP contribution < -0.4 is 0 Å². The van der Waals surface area contributed by atoms with Gasteiger partial charge < -0.3 is 4.74 Å². The molecule has 0 radical (unpaired) electrons. The van der Waals surface area contributed by atoms with Gasteiger partial charge in [0, 0.05) is 5.56 Å². The highest BCUT2D eigenvalue weighted by molar-refractivity contribution is 6.35. The Morgan fingerprint density at radius 2 is 1.76 bits per heavy atom. The highest BCUT2D eigenvalue weighted by atomic mass is 35.5. The van der Waals surface area contributed by atoms with Gasteiger partial charge in [0.2, 0.25) is 0 Å². The Bertz CT molecular complexity index is 705. The molecule has 0 spiro atoms. The van der Waals surface area contributed by atoms with Gasteiger partial charge in [-0.1, -0.05) is 73.8 Å². The number of rotatable bonds is 8. The lowest BCUT2D eigenvalue weighted by Crippen LogP contribution is -2.25. The summed E-state index contributed by atoms with van der Waals surface area (Å²) >= 11 is 6.23. The van der Waals surface area contributed by atoms with Crippen LogP contribution in [0.2, 0.25) is 5.02 Å². The Hall–Kier alpha value is -2.13.